The van der Waals surface area contributed by atoms with Crippen LogP contribution in [0.1, 0.15) is 34.6 Å². The lowest BCUT2D eigenvalue weighted by molar-refractivity contribution is -0.134. The van der Waals surface area contributed by atoms with Gasteiger partial charge in [0.15, 0.2) is 5.75 Å². The number of urea groups is 1. The van der Waals surface area contributed by atoms with Gasteiger partial charge in [-0.3, -0.25) is 9.59 Å². The standard InChI is InChI=1S/C31H29N3O4/c35-22-32-21-25-15-7-8-16-26(25)27(24-13-5-2-6-14-24)19-30(36)38-29-18-10-9-17-28(29)34-31(37)33-20-23-11-3-1-4-12-23/h1-18,22,27H,19-21H2,(H,32,35)(H2,33,34,37). The molecule has 4 aromatic rings. The molecule has 0 spiro atoms. The summed E-state index contributed by atoms with van der Waals surface area (Å²) in [7, 11) is 0. The van der Waals surface area contributed by atoms with Crippen molar-refractivity contribution in [2.24, 2.45) is 0 Å². The van der Waals surface area contributed by atoms with Crippen molar-refractivity contribution in [2.75, 3.05) is 5.32 Å². The predicted octanol–water partition coefficient (Wildman–Crippen LogP) is 5.38. The van der Waals surface area contributed by atoms with Gasteiger partial charge in [0.05, 0.1) is 12.1 Å². The van der Waals surface area contributed by atoms with Crippen LogP contribution in [0.15, 0.2) is 109 Å². The van der Waals surface area contributed by atoms with Crippen molar-refractivity contribution in [2.45, 2.75) is 25.4 Å². The molecule has 4 aromatic carbocycles. The van der Waals surface area contributed by atoms with Gasteiger partial charge in [-0.2, -0.15) is 0 Å². The van der Waals surface area contributed by atoms with Gasteiger partial charge in [-0.1, -0.05) is 97.1 Å². The van der Waals surface area contributed by atoms with E-state index >= 15 is 0 Å². The van der Waals surface area contributed by atoms with Gasteiger partial charge in [-0.15, -0.1) is 0 Å². The van der Waals surface area contributed by atoms with Crippen molar-refractivity contribution in [1.29, 1.82) is 0 Å². The van der Waals surface area contributed by atoms with E-state index in [0.717, 1.165) is 22.3 Å². The van der Waals surface area contributed by atoms with Crippen molar-refractivity contribution < 1.29 is 19.1 Å². The normalized spacial score (nSPS) is 11.2. The highest BCUT2D eigenvalue weighted by molar-refractivity contribution is 5.91. The van der Waals surface area contributed by atoms with Crippen LogP contribution < -0.4 is 20.7 Å². The molecule has 0 fully saturated rings. The lowest BCUT2D eigenvalue weighted by Gasteiger charge is -2.21. The van der Waals surface area contributed by atoms with Crippen molar-refractivity contribution in [1.82, 2.24) is 10.6 Å². The topological polar surface area (TPSA) is 96.5 Å². The first-order valence-corrected chi connectivity index (χ1v) is 12.3. The maximum absolute atomic E-state index is 13.2. The van der Waals surface area contributed by atoms with E-state index in [4.69, 9.17) is 4.74 Å². The van der Waals surface area contributed by atoms with Gasteiger partial charge < -0.3 is 20.7 Å². The fourth-order valence-electron chi connectivity index (χ4n) is 4.21. The van der Waals surface area contributed by atoms with Gasteiger partial charge in [0.2, 0.25) is 6.41 Å². The van der Waals surface area contributed by atoms with Crippen LogP contribution >= 0.6 is 0 Å². The number of ether oxygens (including phenoxy) is 1. The van der Waals surface area contributed by atoms with Crippen molar-refractivity contribution >= 4 is 24.1 Å². The molecule has 0 bridgehead atoms. The Morgan fingerprint density at radius 1 is 0.763 bits per heavy atom. The van der Waals surface area contributed by atoms with Gasteiger partial charge in [-0.25, -0.2) is 4.79 Å². The minimum Gasteiger partial charge on any atom is -0.424 e. The maximum atomic E-state index is 13.2. The smallest absolute Gasteiger partial charge is 0.319 e. The highest BCUT2D eigenvalue weighted by Gasteiger charge is 2.22. The van der Waals surface area contributed by atoms with Gasteiger partial charge in [0, 0.05) is 19.0 Å². The molecule has 3 N–H and O–H groups in total. The van der Waals surface area contributed by atoms with E-state index in [1.54, 1.807) is 24.3 Å². The van der Waals surface area contributed by atoms with E-state index in [-0.39, 0.29) is 18.1 Å². The van der Waals surface area contributed by atoms with Crippen LogP contribution in [0.5, 0.6) is 5.75 Å². The van der Waals surface area contributed by atoms with Crippen molar-refractivity contribution in [3.63, 3.8) is 0 Å². The average Bonchev–Trinajstić information content (AvgIpc) is 2.96. The van der Waals surface area contributed by atoms with Crippen molar-refractivity contribution in [3.8, 4) is 5.75 Å². The number of carbonyl (C=O) groups excluding carboxylic acids is 3. The van der Waals surface area contributed by atoms with Crippen LogP contribution in [-0.4, -0.2) is 18.4 Å². The molecule has 1 unspecified atom stereocenters. The number of esters is 1. The number of hydrogen-bond donors (Lipinski definition) is 3. The van der Waals surface area contributed by atoms with Crippen LogP contribution in [-0.2, 0) is 22.7 Å². The number of amides is 3. The van der Waals surface area contributed by atoms with Gasteiger partial charge in [0.1, 0.15) is 0 Å². The lowest BCUT2D eigenvalue weighted by Crippen LogP contribution is -2.28. The minimum atomic E-state index is -0.448. The highest BCUT2D eigenvalue weighted by atomic mass is 16.5. The van der Waals surface area contributed by atoms with E-state index in [1.165, 1.54) is 0 Å². The molecule has 3 amide bonds. The summed E-state index contributed by atoms with van der Waals surface area (Å²) in [4.78, 5) is 36.6. The third-order valence-electron chi connectivity index (χ3n) is 6.03. The number of rotatable bonds is 11. The first-order chi connectivity index (χ1) is 18.6. The number of nitrogens with one attached hydrogen (secondary N) is 3. The zero-order chi connectivity index (χ0) is 26.6. The molecule has 0 saturated heterocycles. The summed E-state index contributed by atoms with van der Waals surface area (Å²) in [6.45, 7) is 0.717. The van der Waals surface area contributed by atoms with Gasteiger partial charge in [-0.05, 0) is 34.4 Å². The SMILES string of the molecule is O=CNCc1ccccc1C(CC(=O)Oc1ccccc1NC(=O)NCc1ccccc1)c1ccccc1. The molecule has 0 heterocycles. The second-order valence-electron chi connectivity index (χ2n) is 8.63. The second-order valence-corrected chi connectivity index (χ2v) is 8.63. The molecule has 1 atom stereocenters. The quantitative estimate of drug-likeness (QED) is 0.144. The van der Waals surface area contributed by atoms with Crippen LogP contribution in [0, 0.1) is 0 Å². The molecule has 0 aliphatic carbocycles. The van der Waals surface area contributed by atoms with E-state index in [2.05, 4.69) is 16.0 Å². The average molecular weight is 508 g/mol. The molecule has 7 nitrogen and oxygen atoms in total. The van der Waals surface area contributed by atoms with E-state index < -0.39 is 12.0 Å². The summed E-state index contributed by atoms with van der Waals surface area (Å²) in [6, 6.07) is 33.4. The molecular weight excluding hydrogens is 478 g/mol. The molecule has 0 radical (unpaired) electrons. The lowest BCUT2D eigenvalue weighted by atomic mass is 9.85. The Morgan fingerprint density at radius 3 is 2.18 bits per heavy atom. The molecule has 4 rings (SSSR count). The molecule has 7 heteroatoms. The second kappa shape index (κ2) is 13.4. The van der Waals surface area contributed by atoms with Crippen LogP contribution in [0.3, 0.4) is 0 Å². The minimum absolute atomic E-state index is 0.0661. The third kappa shape index (κ3) is 7.30. The first-order valence-electron chi connectivity index (χ1n) is 12.3. The summed E-state index contributed by atoms with van der Waals surface area (Å²) in [5.41, 5.74) is 4.15. The Bertz CT molecular complexity index is 1360. The number of anilines is 1. The monoisotopic (exact) mass is 507 g/mol. The summed E-state index contributed by atoms with van der Waals surface area (Å²) < 4.78 is 5.75. The Morgan fingerprint density at radius 2 is 1.42 bits per heavy atom. The largest absolute Gasteiger partial charge is 0.424 e. The molecule has 0 aromatic heterocycles. The van der Waals surface area contributed by atoms with E-state index in [1.807, 2.05) is 84.9 Å². The number of hydrogen-bond acceptors (Lipinski definition) is 4. The number of carbonyl (C=O) groups is 3. The molecule has 0 saturated carbocycles. The third-order valence-corrected chi connectivity index (χ3v) is 6.03. The van der Waals surface area contributed by atoms with Gasteiger partial charge in [0.25, 0.3) is 0 Å². The van der Waals surface area contributed by atoms with E-state index in [0.29, 0.717) is 25.2 Å². The summed E-state index contributed by atoms with van der Waals surface area (Å²) in [6.07, 6.45) is 0.721. The van der Waals surface area contributed by atoms with Gasteiger partial charge >= 0.3 is 12.0 Å². The predicted molar refractivity (Wildman–Crippen MR) is 147 cm³/mol. The fourth-order valence-corrected chi connectivity index (χ4v) is 4.21. The summed E-state index contributed by atoms with van der Waals surface area (Å²) >= 11 is 0. The molecular formula is C31H29N3O4. The van der Waals surface area contributed by atoms with Crippen LogP contribution in [0.4, 0.5) is 10.5 Å². The summed E-state index contributed by atoms with van der Waals surface area (Å²) in [5, 5.41) is 8.28. The molecule has 38 heavy (non-hydrogen) atoms. The zero-order valence-electron chi connectivity index (χ0n) is 20.8. The summed E-state index contributed by atoms with van der Waals surface area (Å²) in [5.74, 6) is -0.478. The first kappa shape index (κ1) is 26.2. The van der Waals surface area contributed by atoms with Crippen LogP contribution in [0.2, 0.25) is 0 Å². The van der Waals surface area contributed by atoms with E-state index in [9.17, 15) is 14.4 Å². The number of benzene rings is 4. The van der Waals surface area contributed by atoms with Crippen LogP contribution in [0.25, 0.3) is 0 Å². The molecule has 0 aliphatic heterocycles. The zero-order valence-corrected chi connectivity index (χ0v) is 20.8. The Kier molecular flexibility index (Phi) is 9.23. The maximum Gasteiger partial charge on any atom is 0.319 e. The molecule has 0 aliphatic rings. The Hall–Kier alpha value is -4.91. The Labute approximate surface area is 221 Å². The Balaban J connectivity index is 1.48. The highest BCUT2D eigenvalue weighted by Crippen LogP contribution is 2.32. The molecule has 192 valence electrons. The van der Waals surface area contributed by atoms with Crippen molar-refractivity contribution in [3.05, 3.63) is 131 Å². The number of para-hydroxylation sites is 2. The fraction of sp³-hybridized carbons (Fsp3) is 0.129.